The van der Waals surface area contributed by atoms with Crippen LogP contribution in [0.1, 0.15) is 72.1 Å². The topological polar surface area (TPSA) is 29.3 Å². The van der Waals surface area contributed by atoms with Crippen molar-refractivity contribution in [1.29, 1.82) is 0 Å². The molecule has 1 fully saturated rings. The van der Waals surface area contributed by atoms with Crippen molar-refractivity contribution in [3.8, 4) is 0 Å². The molecular formula is C16H34N2. The van der Waals surface area contributed by atoms with Gasteiger partial charge in [-0.15, -0.1) is 0 Å². The van der Waals surface area contributed by atoms with Crippen LogP contribution in [0.2, 0.25) is 0 Å². The fourth-order valence-electron chi connectivity index (χ4n) is 3.05. The van der Waals surface area contributed by atoms with E-state index in [-0.39, 0.29) is 5.54 Å². The van der Waals surface area contributed by atoms with Crippen LogP contribution >= 0.6 is 0 Å². The lowest BCUT2D eigenvalue weighted by Gasteiger charge is -2.44. The van der Waals surface area contributed by atoms with Crippen molar-refractivity contribution >= 4 is 0 Å². The van der Waals surface area contributed by atoms with Crippen molar-refractivity contribution in [2.24, 2.45) is 11.7 Å². The second-order valence-corrected chi connectivity index (χ2v) is 6.53. The van der Waals surface area contributed by atoms with Crippen LogP contribution in [0.3, 0.4) is 0 Å². The van der Waals surface area contributed by atoms with Crippen molar-refractivity contribution in [3.05, 3.63) is 0 Å². The van der Waals surface area contributed by atoms with Crippen LogP contribution in [0.5, 0.6) is 0 Å². The van der Waals surface area contributed by atoms with Crippen molar-refractivity contribution in [3.63, 3.8) is 0 Å². The van der Waals surface area contributed by atoms with Crippen molar-refractivity contribution in [2.45, 2.75) is 77.7 Å². The SMILES string of the molecule is CCCCCCCC(C)(CN)N1CCC(C)CC1. The predicted octanol–water partition coefficient (Wildman–Crippen LogP) is 3.80. The summed E-state index contributed by atoms with van der Waals surface area (Å²) in [5.41, 5.74) is 6.33. The average molecular weight is 254 g/mol. The van der Waals surface area contributed by atoms with Gasteiger partial charge in [-0.2, -0.15) is 0 Å². The molecule has 108 valence electrons. The molecular weight excluding hydrogens is 220 g/mol. The molecule has 0 bridgehead atoms. The van der Waals surface area contributed by atoms with Gasteiger partial charge in [0.1, 0.15) is 0 Å². The van der Waals surface area contributed by atoms with Crippen molar-refractivity contribution < 1.29 is 0 Å². The maximum absolute atomic E-state index is 6.07. The Labute approximate surface area is 114 Å². The van der Waals surface area contributed by atoms with Gasteiger partial charge in [-0.05, 0) is 45.2 Å². The van der Waals surface area contributed by atoms with Gasteiger partial charge in [-0.1, -0.05) is 46.0 Å². The van der Waals surface area contributed by atoms with E-state index in [1.54, 1.807) is 0 Å². The molecule has 0 radical (unpaired) electrons. The Kier molecular flexibility index (Phi) is 7.25. The molecule has 18 heavy (non-hydrogen) atoms. The number of likely N-dealkylation sites (tertiary alicyclic amines) is 1. The molecule has 1 atom stereocenters. The maximum atomic E-state index is 6.07. The zero-order valence-electron chi connectivity index (χ0n) is 12.9. The lowest BCUT2D eigenvalue weighted by atomic mass is 9.88. The highest BCUT2D eigenvalue weighted by Gasteiger charge is 2.31. The Balaban J connectivity index is 2.31. The fourth-order valence-corrected chi connectivity index (χ4v) is 3.05. The fraction of sp³-hybridized carbons (Fsp3) is 1.00. The minimum Gasteiger partial charge on any atom is -0.329 e. The van der Waals surface area contributed by atoms with Gasteiger partial charge < -0.3 is 5.73 Å². The zero-order valence-corrected chi connectivity index (χ0v) is 12.9. The molecule has 1 aliphatic heterocycles. The highest BCUT2D eigenvalue weighted by atomic mass is 15.2. The number of rotatable bonds is 8. The lowest BCUT2D eigenvalue weighted by Crippen LogP contribution is -2.54. The summed E-state index contributed by atoms with van der Waals surface area (Å²) in [6.07, 6.45) is 10.8. The molecule has 0 spiro atoms. The molecule has 1 saturated heterocycles. The summed E-state index contributed by atoms with van der Waals surface area (Å²) in [5.74, 6) is 0.910. The third-order valence-electron chi connectivity index (χ3n) is 4.81. The molecule has 0 aliphatic carbocycles. The van der Waals surface area contributed by atoms with E-state index < -0.39 is 0 Å². The van der Waals surface area contributed by atoms with Crippen molar-refractivity contribution in [2.75, 3.05) is 19.6 Å². The van der Waals surface area contributed by atoms with Gasteiger partial charge in [0.15, 0.2) is 0 Å². The molecule has 2 heteroatoms. The minimum atomic E-state index is 0.256. The van der Waals surface area contributed by atoms with Crippen LogP contribution in [0, 0.1) is 5.92 Å². The number of nitrogens with two attached hydrogens (primary N) is 1. The zero-order chi connectivity index (χ0) is 13.4. The molecule has 2 nitrogen and oxygen atoms in total. The van der Waals surface area contributed by atoms with Gasteiger partial charge in [-0.3, -0.25) is 4.90 Å². The summed E-state index contributed by atoms with van der Waals surface area (Å²) in [6, 6.07) is 0. The molecule has 0 amide bonds. The molecule has 0 aromatic carbocycles. The molecule has 0 aromatic heterocycles. The third kappa shape index (κ3) is 4.89. The van der Waals surface area contributed by atoms with Gasteiger partial charge >= 0.3 is 0 Å². The quantitative estimate of drug-likeness (QED) is 0.668. The van der Waals surface area contributed by atoms with Crippen LogP contribution in [0.15, 0.2) is 0 Å². The highest BCUT2D eigenvalue weighted by molar-refractivity contribution is 4.89. The molecule has 1 heterocycles. The first-order valence-corrected chi connectivity index (χ1v) is 8.07. The third-order valence-corrected chi connectivity index (χ3v) is 4.81. The van der Waals surface area contributed by atoms with E-state index in [1.165, 1.54) is 64.5 Å². The van der Waals surface area contributed by atoms with Crippen LogP contribution in [0.4, 0.5) is 0 Å². The first kappa shape index (κ1) is 16.0. The predicted molar refractivity (Wildman–Crippen MR) is 80.8 cm³/mol. The van der Waals surface area contributed by atoms with Gasteiger partial charge in [0.05, 0.1) is 0 Å². The van der Waals surface area contributed by atoms with E-state index in [9.17, 15) is 0 Å². The first-order valence-electron chi connectivity index (χ1n) is 8.07. The van der Waals surface area contributed by atoms with E-state index >= 15 is 0 Å². The Hall–Kier alpha value is -0.0800. The molecule has 1 unspecified atom stereocenters. The van der Waals surface area contributed by atoms with Crippen LogP contribution < -0.4 is 5.73 Å². The number of hydrogen-bond donors (Lipinski definition) is 1. The van der Waals surface area contributed by atoms with Gasteiger partial charge in [0.25, 0.3) is 0 Å². The molecule has 1 aliphatic rings. The monoisotopic (exact) mass is 254 g/mol. The summed E-state index contributed by atoms with van der Waals surface area (Å²) in [6.45, 7) is 10.4. The minimum absolute atomic E-state index is 0.256. The molecule has 0 aromatic rings. The van der Waals surface area contributed by atoms with Crippen LogP contribution in [-0.2, 0) is 0 Å². The number of hydrogen-bond acceptors (Lipinski definition) is 2. The summed E-state index contributed by atoms with van der Waals surface area (Å²) >= 11 is 0. The smallest absolute Gasteiger partial charge is 0.0303 e. The van der Waals surface area contributed by atoms with E-state index in [4.69, 9.17) is 5.73 Å². The van der Waals surface area contributed by atoms with Crippen molar-refractivity contribution in [1.82, 2.24) is 4.90 Å². The standard InChI is InChI=1S/C16H34N2/c1-4-5-6-7-8-11-16(3,14-17)18-12-9-15(2)10-13-18/h15H,4-14,17H2,1-3H3. The molecule has 0 saturated carbocycles. The normalized spacial score (nSPS) is 22.0. The van der Waals surface area contributed by atoms with E-state index in [0.29, 0.717) is 0 Å². The Morgan fingerprint density at radius 3 is 2.28 bits per heavy atom. The van der Waals surface area contributed by atoms with Crippen LogP contribution in [0.25, 0.3) is 0 Å². The summed E-state index contributed by atoms with van der Waals surface area (Å²) in [7, 11) is 0. The summed E-state index contributed by atoms with van der Waals surface area (Å²) in [5, 5.41) is 0. The highest BCUT2D eigenvalue weighted by Crippen LogP contribution is 2.27. The number of nitrogens with zero attached hydrogens (tertiary/aromatic N) is 1. The Morgan fingerprint density at radius 2 is 1.72 bits per heavy atom. The van der Waals surface area contributed by atoms with Gasteiger partial charge in [0, 0.05) is 12.1 Å². The Morgan fingerprint density at radius 1 is 1.11 bits per heavy atom. The second-order valence-electron chi connectivity index (χ2n) is 6.53. The second kappa shape index (κ2) is 8.16. The lowest BCUT2D eigenvalue weighted by molar-refractivity contribution is 0.0622. The van der Waals surface area contributed by atoms with Gasteiger partial charge in [-0.25, -0.2) is 0 Å². The average Bonchev–Trinajstić information content (AvgIpc) is 2.39. The molecule has 1 rings (SSSR count). The molecule has 2 N–H and O–H groups in total. The first-order chi connectivity index (χ1) is 8.62. The van der Waals surface area contributed by atoms with Crippen LogP contribution in [-0.4, -0.2) is 30.1 Å². The number of piperidine rings is 1. The largest absolute Gasteiger partial charge is 0.329 e. The summed E-state index contributed by atoms with van der Waals surface area (Å²) in [4.78, 5) is 2.66. The van der Waals surface area contributed by atoms with E-state index in [2.05, 4.69) is 25.7 Å². The van der Waals surface area contributed by atoms with E-state index in [1.807, 2.05) is 0 Å². The Bertz CT molecular complexity index is 209. The summed E-state index contributed by atoms with van der Waals surface area (Å²) < 4.78 is 0. The van der Waals surface area contributed by atoms with E-state index in [0.717, 1.165) is 12.5 Å². The number of unbranched alkanes of at least 4 members (excludes halogenated alkanes) is 4. The van der Waals surface area contributed by atoms with Gasteiger partial charge in [0.2, 0.25) is 0 Å². The maximum Gasteiger partial charge on any atom is 0.0303 e.